The van der Waals surface area contributed by atoms with Gasteiger partial charge in [-0.1, -0.05) is 0 Å². The molecule has 1 unspecified atom stereocenters. The molecule has 2 heterocycles. The molecule has 0 aromatic carbocycles. The lowest BCUT2D eigenvalue weighted by molar-refractivity contribution is 0.119. The van der Waals surface area contributed by atoms with Crippen LogP contribution < -0.4 is 5.32 Å². The molecule has 0 aliphatic carbocycles. The second-order valence-corrected chi connectivity index (χ2v) is 3.30. The summed E-state index contributed by atoms with van der Waals surface area (Å²) in [6.45, 7) is 1.50. The highest BCUT2D eigenvalue weighted by Gasteiger charge is 2.47. The predicted molar refractivity (Wildman–Crippen MR) is 39.2 cm³/mol. The van der Waals surface area contributed by atoms with Gasteiger partial charge in [0, 0.05) is 13.1 Å². The van der Waals surface area contributed by atoms with Crippen molar-refractivity contribution in [2.75, 3.05) is 19.7 Å². The molecular weight excluding hydrogens is 144 g/mol. The number of carbonyl (C=O) groups is 1. The van der Waals surface area contributed by atoms with E-state index < -0.39 is 0 Å². The Labute approximate surface area is 65.2 Å². The summed E-state index contributed by atoms with van der Waals surface area (Å²) in [6.07, 6.45) is 1.95. The summed E-state index contributed by atoms with van der Waals surface area (Å²) in [5.74, 6) is 0. The van der Waals surface area contributed by atoms with Crippen molar-refractivity contribution >= 4 is 6.03 Å². The Hall–Kier alpha value is -0.770. The molecule has 2 aliphatic heterocycles. The molecule has 0 aromatic heterocycles. The normalized spacial score (nSPS) is 35.7. The van der Waals surface area contributed by atoms with E-state index in [2.05, 4.69) is 5.32 Å². The number of aliphatic hydroxyl groups is 1. The van der Waals surface area contributed by atoms with E-state index in [-0.39, 0.29) is 18.2 Å². The molecular formula is C7H12N2O2. The van der Waals surface area contributed by atoms with Gasteiger partial charge in [0.15, 0.2) is 0 Å². The lowest BCUT2D eigenvalue weighted by Gasteiger charge is -2.27. The van der Waals surface area contributed by atoms with Gasteiger partial charge in [0.05, 0.1) is 12.1 Å². The van der Waals surface area contributed by atoms with Crippen LogP contribution in [-0.2, 0) is 0 Å². The minimum absolute atomic E-state index is 0.0171. The topological polar surface area (TPSA) is 52.6 Å². The van der Waals surface area contributed by atoms with Gasteiger partial charge >= 0.3 is 6.03 Å². The first-order chi connectivity index (χ1) is 5.28. The van der Waals surface area contributed by atoms with Crippen LogP contribution in [0, 0.1) is 0 Å². The molecule has 2 amide bonds. The third kappa shape index (κ3) is 0.758. The molecule has 2 aliphatic rings. The summed E-state index contributed by atoms with van der Waals surface area (Å²) in [4.78, 5) is 12.9. The van der Waals surface area contributed by atoms with E-state index in [1.807, 2.05) is 0 Å². The van der Waals surface area contributed by atoms with Crippen molar-refractivity contribution in [3.05, 3.63) is 0 Å². The predicted octanol–water partition coefficient (Wildman–Crippen LogP) is -0.464. The Bertz CT molecular complexity index is 195. The molecule has 2 N–H and O–H groups in total. The lowest BCUT2D eigenvalue weighted by Crippen LogP contribution is -2.45. The summed E-state index contributed by atoms with van der Waals surface area (Å²) < 4.78 is 0. The first-order valence-electron chi connectivity index (χ1n) is 3.95. The van der Waals surface area contributed by atoms with E-state index in [0.717, 1.165) is 19.4 Å². The van der Waals surface area contributed by atoms with Crippen LogP contribution in [0.3, 0.4) is 0 Å². The van der Waals surface area contributed by atoms with Gasteiger partial charge in [0.25, 0.3) is 0 Å². The largest absolute Gasteiger partial charge is 0.394 e. The zero-order valence-electron chi connectivity index (χ0n) is 6.34. The maximum absolute atomic E-state index is 11.1. The quantitative estimate of drug-likeness (QED) is 0.539. The SMILES string of the molecule is O=C1NCC2(CO)CCCN12. The summed E-state index contributed by atoms with van der Waals surface area (Å²) in [7, 11) is 0. The van der Waals surface area contributed by atoms with Crippen LogP contribution >= 0.6 is 0 Å². The maximum atomic E-state index is 11.1. The molecule has 0 aromatic rings. The van der Waals surface area contributed by atoms with Crippen LogP contribution in [-0.4, -0.2) is 41.3 Å². The number of aliphatic hydroxyl groups excluding tert-OH is 1. The first-order valence-corrected chi connectivity index (χ1v) is 3.95. The van der Waals surface area contributed by atoms with Crippen LogP contribution in [0.1, 0.15) is 12.8 Å². The van der Waals surface area contributed by atoms with Crippen molar-refractivity contribution in [3.8, 4) is 0 Å². The summed E-state index contributed by atoms with van der Waals surface area (Å²) in [5, 5.41) is 11.9. The fourth-order valence-electron chi connectivity index (χ4n) is 2.00. The average molecular weight is 156 g/mol. The monoisotopic (exact) mass is 156 g/mol. The van der Waals surface area contributed by atoms with E-state index in [1.54, 1.807) is 4.90 Å². The third-order valence-electron chi connectivity index (χ3n) is 2.70. The van der Waals surface area contributed by atoms with Crippen LogP contribution in [0.15, 0.2) is 0 Å². The average Bonchev–Trinajstić information content (AvgIpc) is 2.53. The Morgan fingerprint density at radius 2 is 2.55 bits per heavy atom. The van der Waals surface area contributed by atoms with Crippen molar-refractivity contribution < 1.29 is 9.90 Å². The highest BCUT2D eigenvalue weighted by Crippen LogP contribution is 2.31. The van der Waals surface area contributed by atoms with Gasteiger partial charge in [-0.05, 0) is 12.8 Å². The molecule has 2 saturated heterocycles. The molecule has 2 rings (SSSR count). The second-order valence-electron chi connectivity index (χ2n) is 3.30. The van der Waals surface area contributed by atoms with Crippen molar-refractivity contribution in [2.45, 2.75) is 18.4 Å². The summed E-state index contributed by atoms with van der Waals surface area (Å²) >= 11 is 0. The van der Waals surface area contributed by atoms with Gasteiger partial charge in [-0.25, -0.2) is 4.79 Å². The number of fused-ring (bicyclic) bond motifs is 1. The van der Waals surface area contributed by atoms with Gasteiger partial charge in [-0.3, -0.25) is 0 Å². The van der Waals surface area contributed by atoms with Crippen LogP contribution in [0.5, 0.6) is 0 Å². The number of nitrogens with zero attached hydrogens (tertiary/aromatic N) is 1. The fraction of sp³-hybridized carbons (Fsp3) is 0.857. The van der Waals surface area contributed by atoms with Crippen molar-refractivity contribution in [1.82, 2.24) is 10.2 Å². The molecule has 0 saturated carbocycles. The van der Waals surface area contributed by atoms with E-state index >= 15 is 0 Å². The summed E-state index contributed by atoms with van der Waals surface area (Å²) in [5.41, 5.74) is -0.253. The third-order valence-corrected chi connectivity index (χ3v) is 2.70. The lowest BCUT2D eigenvalue weighted by atomic mass is 9.99. The molecule has 0 bridgehead atoms. The number of urea groups is 1. The Morgan fingerprint density at radius 3 is 3.18 bits per heavy atom. The van der Waals surface area contributed by atoms with E-state index in [1.165, 1.54) is 0 Å². The molecule has 11 heavy (non-hydrogen) atoms. The number of hydrogen-bond donors (Lipinski definition) is 2. The molecule has 62 valence electrons. The molecule has 4 nitrogen and oxygen atoms in total. The van der Waals surface area contributed by atoms with E-state index in [0.29, 0.717) is 6.54 Å². The number of amides is 2. The number of rotatable bonds is 1. The molecule has 0 spiro atoms. The molecule has 0 radical (unpaired) electrons. The van der Waals surface area contributed by atoms with Gasteiger partial charge in [0.2, 0.25) is 0 Å². The number of carbonyl (C=O) groups excluding carboxylic acids is 1. The first kappa shape index (κ1) is 6.91. The standard InChI is InChI=1S/C7H12N2O2/c10-5-7-2-1-3-9(7)6(11)8-4-7/h10H,1-5H2,(H,8,11). The highest BCUT2D eigenvalue weighted by atomic mass is 16.3. The van der Waals surface area contributed by atoms with Gasteiger partial charge in [-0.2, -0.15) is 0 Å². The highest BCUT2D eigenvalue weighted by molar-refractivity contribution is 5.78. The van der Waals surface area contributed by atoms with Crippen molar-refractivity contribution in [2.24, 2.45) is 0 Å². The fourth-order valence-corrected chi connectivity index (χ4v) is 2.00. The maximum Gasteiger partial charge on any atom is 0.318 e. The van der Waals surface area contributed by atoms with Crippen LogP contribution in [0.25, 0.3) is 0 Å². The Kier molecular flexibility index (Phi) is 1.32. The van der Waals surface area contributed by atoms with Crippen LogP contribution in [0.4, 0.5) is 4.79 Å². The smallest absolute Gasteiger partial charge is 0.318 e. The molecule has 2 fully saturated rings. The van der Waals surface area contributed by atoms with E-state index in [9.17, 15) is 4.79 Å². The second kappa shape index (κ2) is 2.11. The molecule has 1 atom stereocenters. The minimum Gasteiger partial charge on any atom is -0.394 e. The zero-order chi connectivity index (χ0) is 7.90. The number of hydrogen-bond acceptors (Lipinski definition) is 2. The van der Waals surface area contributed by atoms with Crippen molar-refractivity contribution in [1.29, 1.82) is 0 Å². The van der Waals surface area contributed by atoms with E-state index in [4.69, 9.17) is 5.11 Å². The zero-order valence-corrected chi connectivity index (χ0v) is 6.34. The van der Waals surface area contributed by atoms with Crippen molar-refractivity contribution in [3.63, 3.8) is 0 Å². The minimum atomic E-state index is -0.253. The van der Waals surface area contributed by atoms with Gasteiger partial charge in [-0.15, -0.1) is 0 Å². The Balaban J connectivity index is 2.25. The number of nitrogens with one attached hydrogen (secondary N) is 1. The van der Waals surface area contributed by atoms with Crippen LogP contribution in [0.2, 0.25) is 0 Å². The van der Waals surface area contributed by atoms with Gasteiger partial charge in [0.1, 0.15) is 0 Å². The summed E-state index contributed by atoms with van der Waals surface area (Å²) in [6, 6.07) is -0.0171. The molecule has 4 heteroatoms. The van der Waals surface area contributed by atoms with Gasteiger partial charge < -0.3 is 15.3 Å². The Morgan fingerprint density at radius 1 is 1.73 bits per heavy atom.